The predicted octanol–water partition coefficient (Wildman–Crippen LogP) is 1.32. The minimum atomic E-state index is -0.229. The number of hydrogen-bond donors (Lipinski definition) is 1. The first kappa shape index (κ1) is 15.4. The Balaban J connectivity index is 2.32. The van der Waals surface area contributed by atoms with Gasteiger partial charge in [-0.2, -0.15) is 0 Å². The average Bonchev–Trinajstić information content (AvgIpc) is 2.40. The number of rotatable bonds is 7. The van der Waals surface area contributed by atoms with E-state index in [0.29, 0.717) is 19.2 Å². The monoisotopic (exact) mass is 259 g/mol. The van der Waals surface area contributed by atoms with Crippen molar-refractivity contribution in [3.8, 4) is 0 Å². The number of methoxy groups -OCH3 is 2. The molecule has 5 heteroatoms. The molecule has 1 fully saturated rings. The summed E-state index contributed by atoms with van der Waals surface area (Å²) in [7, 11) is 3.25. The van der Waals surface area contributed by atoms with Gasteiger partial charge in [-0.25, -0.2) is 0 Å². The molecule has 106 valence electrons. The first-order chi connectivity index (χ1) is 8.71. The third-order valence-electron chi connectivity index (χ3n) is 3.39. The van der Waals surface area contributed by atoms with E-state index in [9.17, 15) is 4.79 Å². The van der Waals surface area contributed by atoms with Crippen LogP contribution in [0.3, 0.4) is 0 Å². The van der Waals surface area contributed by atoms with Crippen LogP contribution < -0.4 is 5.32 Å². The second-order valence-corrected chi connectivity index (χ2v) is 4.62. The van der Waals surface area contributed by atoms with E-state index in [1.54, 1.807) is 14.2 Å². The highest BCUT2D eigenvalue weighted by atomic mass is 16.7. The van der Waals surface area contributed by atoms with Crippen molar-refractivity contribution >= 4 is 5.97 Å². The summed E-state index contributed by atoms with van der Waals surface area (Å²) in [5.74, 6) is -0.0150. The Bertz CT molecular complexity index is 243. The van der Waals surface area contributed by atoms with E-state index in [1.165, 1.54) is 0 Å². The van der Waals surface area contributed by atoms with Gasteiger partial charge in [0.15, 0.2) is 6.29 Å². The number of esters is 1. The number of nitrogens with one attached hydrogen (secondary N) is 1. The van der Waals surface area contributed by atoms with Crippen LogP contribution in [0.1, 0.15) is 32.6 Å². The van der Waals surface area contributed by atoms with Crippen molar-refractivity contribution in [2.75, 3.05) is 27.4 Å². The molecule has 1 aliphatic rings. The van der Waals surface area contributed by atoms with Gasteiger partial charge in [0.1, 0.15) is 0 Å². The lowest BCUT2D eigenvalue weighted by Crippen LogP contribution is -2.41. The van der Waals surface area contributed by atoms with Crippen LogP contribution >= 0.6 is 0 Å². The number of carbonyl (C=O) groups excluding carboxylic acids is 1. The van der Waals surface area contributed by atoms with Crippen molar-refractivity contribution < 1.29 is 19.0 Å². The third kappa shape index (κ3) is 4.92. The maximum absolute atomic E-state index is 11.7. The van der Waals surface area contributed by atoms with Gasteiger partial charge in [-0.05, 0) is 26.2 Å². The van der Waals surface area contributed by atoms with Gasteiger partial charge in [0.05, 0.1) is 12.5 Å². The number of ether oxygens (including phenoxy) is 3. The quantitative estimate of drug-likeness (QED) is 0.552. The van der Waals surface area contributed by atoms with Gasteiger partial charge in [0.25, 0.3) is 0 Å². The van der Waals surface area contributed by atoms with Crippen molar-refractivity contribution in [2.24, 2.45) is 5.92 Å². The minimum absolute atomic E-state index is 0.0414. The lowest BCUT2D eigenvalue weighted by molar-refractivity contribution is -0.149. The molecule has 0 saturated heterocycles. The van der Waals surface area contributed by atoms with E-state index in [-0.39, 0.29) is 18.2 Å². The zero-order chi connectivity index (χ0) is 13.4. The molecule has 18 heavy (non-hydrogen) atoms. The molecule has 1 saturated carbocycles. The number of carbonyl (C=O) groups is 1. The Hall–Kier alpha value is -0.650. The van der Waals surface area contributed by atoms with Gasteiger partial charge in [0, 0.05) is 26.8 Å². The van der Waals surface area contributed by atoms with Crippen LogP contribution in [0, 0.1) is 5.92 Å². The maximum atomic E-state index is 11.7. The topological polar surface area (TPSA) is 56.8 Å². The Morgan fingerprint density at radius 3 is 2.67 bits per heavy atom. The summed E-state index contributed by atoms with van der Waals surface area (Å²) in [4.78, 5) is 11.7. The molecule has 1 rings (SSSR count). The average molecular weight is 259 g/mol. The highest BCUT2D eigenvalue weighted by Gasteiger charge is 2.28. The Kier molecular flexibility index (Phi) is 7.23. The summed E-state index contributed by atoms with van der Waals surface area (Å²) in [6, 6.07) is 0.348. The van der Waals surface area contributed by atoms with E-state index in [1.807, 2.05) is 6.92 Å². The van der Waals surface area contributed by atoms with Crippen molar-refractivity contribution in [1.82, 2.24) is 5.32 Å². The van der Waals surface area contributed by atoms with Crippen molar-refractivity contribution in [3.63, 3.8) is 0 Å². The Labute approximate surface area is 109 Å². The minimum Gasteiger partial charge on any atom is -0.466 e. The molecule has 0 aliphatic heterocycles. The van der Waals surface area contributed by atoms with E-state index in [4.69, 9.17) is 14.2 Å². The summed E-state index contributed by atoms with van der Waals surface area (Å²) in [6.07, 6.45) is 3.71. The van der Waals surface area contributed by atoms with Crippen molar-refractivity contribution in [2.45, 2.75) is 44.9 Å². The second-order valence-electron chi connectivity index (χ2n) is 4.62. The summed E-state index contributed by atoms with van der Waals surface area (Å²) >= 11 is 0. The van der Waals surface area contributed by atoms with E-state index in [2.05, 4.69) is 5.32 Å². The van der Waals surface area contributed by atoms with Crippen LogP contribution in [0.2, 0.25) is 0 Å². The van der Waals surface area contributed by atoms with E-state index >= 15 is 0 Å². The summed E-state index contributed by atoms with van der Waals surface area (Å²) < 4.78 is 15.3. The first-order valence-corrected chi connectivity index (χ1v) is 6.66. The van der Waals surface area contributed by atoms with Crippen LogP contribution in [-0.4, -0.2) is 45.7 Å². The third-order valence-corrected chi connectivity index (χ3v) is 3.39. The molecule has 1 N–H and O–H groups in total. The highest BCUT2D eigenvalue weighted by Crippen LogP contribution is 2.25. The van der Waals surface area contributed by atoms with E-state index < -0.39 is 0 Å². The van der Waals surface area contributed by atoms with Crippen molar-refractivity contribution in [1.29, 1.82) is 0 Å². The number of hydrogen-bond acceptors (Lipinski definition) is 5. The van der Waals surface area contributed by atoms with Gasteiger partial charge in [0.2, 0.25) is 0 Å². The molecule has 0 aromatic heterocycles. The fourth-order valence-corrected chi connectivity index (χ4v) is 2.38. The highest BCUT2D eigenvalue weighted by molar-refractivity contribution is 5.72. The fourth-order valence-electron chi connectivity index (χ4n) is 2.38. The standard InChI is InChI=1S/C13H25NO4/c1-4-18-13(15)10-6-5-7-11(8-10)14-9-12(16-2)17-3/h10-12,14H,4-9H2,1-3H3. The predicted molar refractivity (Wildman–Crippen MR) is 68.2 cm³/mol. The molecule has 5 nitrogen and oxygen atoms in total. The molecule has 1 aliphatic carbocycles. The Morgan fingerprint density at radius 2 is 2.06 bits per heavy atom. The second kappa shape index (κ2) is 8.45. The lowest BCUT2D eigenvalue weighted by atomic mass is 9.86. The van der Waals surface area contributed by atoms with Gasteiger partial charge >= 0.3 is 5.97 Å². The van der Waals surface area contributed by atoms with Crippen LogP contribution in [0.25, 0.3) is 0 Å². The first-order valence-electron chi connectivity index (χ1n) is 6.66. The molecule has 0 heterocycles. The molecule has 0 spiro atoms. The molecular weight excluding hydrogens is 234 g/mol. The fraction of sp³-hybridized carbons (Fsp3) is 0.923. The van der Waals surface area contributed by atoms with Crippen LogP contribution in [0.5, 0.6) is 0 Å². The molecule has 2 atom stereocenters. The van der Waals surface area contributed by atoms with Gasteiger partial charge in [-0.1, -0.05) is 6.42 Å². The SMILES string of the molecule is CCOC(=O)C1CCCC(NCC(OC)OC)C1. The largest absolute Gasteiger partial charge is 0.466 e. The zero-order valence-corrected chi connectivity index (χ0v) is 11.6. The van der Waals surface area contributed by atoms with Gasteiger partial charge in [-0.15, -0.1) is 0 Å². The summed E-state index contributed by atoms with van der Waals surface area (Å²) in [6.45, 7) is 2.95. The molecule has 0 radical (unpaired) electrons. The summed E-state index contributed by atoms with van der Waals surface area (Å²) in [5.41, 5.74) is 0. The molecule has 0 bridgehead atoms. The maximum Gasteiger partial charge on any atom is 0.308 e. The van der Waals surface area contributed by atoms with Crippen LogP contribution in [-0.2, 0) is 19.0 Å². The van der Waals surface area contributed by atoms with Crippen LogP contribution in [0.15, 0.2) is 0 Å². The van der Waals surface area contributed by atoms with Crippen LogP contribution in [0.4, 0.5) is 0 Å². The molecule has 0 aromatic carbocycles. The van der Waals surface area contributed by atoms with Crippen molar-refractivity contribution in [3.05, 3.63) is 0 Å². The molecule has 0 amide bonds. The molecule has 2 unspecified atom stereocenters. The summed E-state index contributed by atoms with van der Waals surface area (Å²) in [5, 5.41) is 3.39. The molecule has 0 aromatic rings. The van der Waals surface area contributed by atoms with Gasteiger partial charge < -0.3 is 19.5 Å². The smallest absolute Gasteiger partial charge is 0.308 e. The Morgan fingerprint density at radius 1 is 1.33 bits per heavy atom. The van der Waals surface area contributed by atoms with Gasteiger partial charge in [-0.3, -0.25) is 4.79 Å². The normalized spacial score (nSPS) is 24.2. The lowest BCUT2D eigenvalue weighted by Gasteiger charge is -2.29. The zero-order valence-electron chi connectivity index (χ0n) is 11.6. The molecular formula is C13H25NO4. The van der Waals surface area contributed by atoms with E-state index in [0.717, 1.165) is 25.7 Å².